The van der Waals surface area contributed by atoms with Crippen molar-refractivity contribution in [2.45, 2.75) is 38.1 Å². The molecule has 2 aliphatic rings. The summed E-state index contributed by atoms with van der Waals surface area (Å²) < 4.78 is 5.33. The maximum Gasteiger partial charge on any atom is 0.251 e. The molecule has 1 aromatic rings. The third-order valence-corrected chi connectivity index (χ3v) is 5.10. The van der Waals surface area contributed by atoms with Crippen LogP contribution in [0.1, 0.15) is 42.5 Å². The highest BCUT2D eigenvalue weighted by Crippen LogP contribution is 2.25. The number of morpholine rings is 1. The Bertz CT molecular complexity index is 567. The second kappa shape index (κ2) is 9.06. The van der Waals surface area contributed by atoms with Crippen LogP contribution in [-0.4, -0.2) is 56.2 Å². The predicted molar refractivity (Wildman–Crippen MR) is 101 cm³/mol. The van der Waals surface area contributed by atoms with E-state index < -0.39 is 0 Å². The first kappa shape index (κ1) is 18.0. The van der Waals surface area contributed by atoms with E-state index in [9.17, 15) is 4.79 Å². The van der Waals surface area contributed by atoms with Crippen LogP contribution in [0.25, 0.3) is 0 Å². The van der Waals surface area contributed by atoms with E-state index in [1.807, 2.05) is 12.1 Å². The summed E-state index contributed by atoms with van der Waals surface area (Å²) >= 11 is 0. The van der Waals surface area contributed by atoms with Gasteiger partial charge in [0, 0.05) is 37.8 Å². The zero-order chi connectivity index (χ0) is 17.5. The number of amides is 1. The number of ether oxygens (including phenoxy) is 1. The van der Waals surface area contributed by atoms with Gasteiger partial charge in [0.1, 0.15) is 0 Å². The van der Waals surface area contributed by atoms with Gasteiger partial charge in [-0.05, 0) is 31.0 Å². The molecular formula is C19H30N4O2. The number of anilines is 2. The average Bonchev–Trinajstić information content (AvgIpc) is 2.65. The zero-order valence-corrected chi connectivity index (χ0v) is 14.9. The molecule has 6 heteroatoms. The van der Waals surface area contributed by atoms with Crippen molar-refractivity contribution in [2.75, 3.05) is 50.4 Å². The van der Waals surface area contributed by atoms with Crippen molar-refractivity contribution in [3.8, 4) is 0 Å². The molecule has 1 saturated heterocycles. The van der Waals surface area contributed by atoms with Crippen LogP contribution in [0.5, 0.6) is 0 Å². The molecule has 1 amide bonds. The quantitative estimate of drug-likeness (QED) is 0.687. The number of hydrogen-bond acceptors (Lipinski definition) is 5. The molecule has 3 rings (SSSR count). The highest BCUT2D eigenvalue weighted by molar-refractivity contribution is 5.96. The summed E-state index contributed by atoms with van der Waals surface area (Å²) in [4.78, 5) is 14.6. The number of carbonyl (C=O) groups excluding carboxylic acids is 1. The second-order valence-electron chi connectivity index (χ2n) is 6.99. The number of nitrogens with zero attached hydrogens (tertiary/aromatic N) is 1. The van der Waals surface area contributed by atoms with Gasteiger partial charge in [-0.2, -0.15) is 0 Å². The predicted octanol–water partition coefficient (Wildman–Crippen LogP) is 2.08. The van der Waals surface area contributed by atoms with Gasteiger partial charge in [0.25, 0.3) is 5.91 Å². The molecule has 0 aromatic heterocycles. The molecule has 1 aliphatic carbocycles. The highest BCUT2D eigenvalue weighted by atomic mass is 16.5. The maximum absolute atomic E-state index is 12.3. The Hall–Kier alpha value is -1.79. The fraction of sp³-hybridized carbons (Fsp3) is 0.632. The topological polar surface area (TPSA) is 79.6 Å². The molecule has 0 bridgehead atoms. The molecule has 0 spiro atoms. The van der Waals surface area contributed by atoms with E-state index >= 15 is 0 Å². The van der Waals surface area contributed by atoms with Gasteiger partial charge in [-0.1, -0.05) is 19.3 Å². The monoisotopic (exact) mass is 346 g/mol. The van der Waals surface area contributed by atoms with Gasteiger partial charge in [0.2, 0.25) is 0 Å². The minimum atomic E-state index is -0.0656. The van der Waals surface area contributed by atoms with Crippen molar-refractivity contribution in [1.82, 2.24) is 10.2 Å². The lowest BCUT2D eigenvalue weighted by Crippen LogP contribution is -2.41. The maximum atomic E-state index is 12.3. The van der Waals surface area contributed by atoms with Gasteiger partial charge in [-0.25, -0.2) is 0 Å². The normalized spacial score (nSPS) is 19.5. The van der Waals surface area contributed by atoms with Gasteiger partial charge < -0.3 is 21.1 Å². The standard InChI is InChI=1S/C19H30N4O2/c20-17-14-15(6-7-18(17)22-16-4-2-1-3-5-16)19(24)21-8-9-23-10-12-25-13-11-23/h6-7,14,16,22H,1-5,8-13,20H2,(H,21,24). The van der Waals surface area contributed by atoms with Crippen molar-refractivity contribution in [3.05, 3.63) is 23.8 Å². The Balaban J connectivity index is 1.48. The van der Waals surface area contributed by atoms with Crippen molar-refractivity contribution in [3.63, 3.8) is 0 Å². The number of nitrogens with two attached hydrogens (primary N) is 1. The molecule has 138 valence electrons. The molecule has 1 aromatic carbocycles. The number of nitrogens with one attached hydrogen (secondary N) is 2. The van der Waals surface area contributed by atoms with E-state index in [1.165, 1.54) is 32.1 Å². The van der Waals surface area contributed by atoms with Gasteiger partial charge in [0.05, 0.1) is 24.6 Å². The van der Waals surface area contributed by atoms with Crippen molar-refractivity contribution in [1.29, 1.82) is 0 Å². The summed E-state index contributed by atoms with van der Waals surface area (Å²) in [6.07, 6.45) is 6.28. The lowest BCUT2D eigenvalue weighted by molar-refractivity contribution is 0.0383. The first-order valence-corrected chi connectivity index (χ1v) is 9.47. The SMILES string of the molecule is Nc1cc(C(=O)NCCN2CCOCC2)ccc1NC1CCCCC1. The van der Waals surface area contributed by atoms with Gasteiger partial charge in [0.15, 0.2) is 0 Å². The summed E-state index contributed by atoms with van der Waals surface area (Å²) in [7, 11) is 0. The Morgan fingerprint density at radius 2 is 1.96 bits per heavy atom. The Morgan fingerprint density at radius 3 is 2.68 bits per heavy atom. The Morgan fingerprint density at radius 1 is 1.20 bits per heavy atom. The van der Waals surface area contributed by atoms with Crippen molar-refractivity contribution in [2.24, 2.45) is 0 Å². The van der Waals surface area contributed by atoms with Gasteiger partial charge in [-0.3, -0.25) is 9.69 Å². The first-order valence-electron chi connectivity index (χ1n) is 9.47. The number of nitrogen functional groups attached to an aromatic ring is 1. The lowest BCUT2D eigenvalue weighted by Gasteiger charge is -2.26. The smallest absolute Gasteiger partial charge is 0.251 e. The third-order valence-electron chi connectivity index (χ3n) is 5.10. The van der Waals surface area contributed by atoms with Crippen LogP contribution in [-0.2, 0) is 4.74 Å². The van der Waals surface area contributed by atoms with E-state index in [4.69, 9.17) is 10.5 Å². The minimum absolute atomic E-state index is 0.0656. The van der Waals surface area contributed by atoms with Crippen molar-refractivity contribution >= 4 is 17.3 Å². The molecule has 1 heterocycles. The van der Waals surface area contributed by atoms with Crippen LogP contribution in [0, 0.1) is 0 Å². The Labute approximate surface area is 150 Å². The number of benzene rings is 1. The molecule has 0 radical (unpaired) electrons. The third kappa shape index (κ3) is 5.34. The minimum Gasteiger partial charge on any atom is -0.397 e. The number of hydrogen-bond donors (Lipinski definition) is 3. The largest absolute Gasteiger partial charge is 0.397 e. The fourth-order valence-corrected chi connectivity index (χ4v) is 3.56. The molecule has 4 N–H and O–H groups in total. The number of rotatable bonds is 6. The molecule has 2 fully saturated rings. The van der Waals surface area contributed by atoms with E-state index in [-0.39, 0.29) is 5.91 Å². The van der Waals surface area contributed by atoms with Crippen LogP contribution >= 0.6 is 0 Å². The first-order chi connectivity index (χ1) is 12.2. The van der Waals surface area contributed by atoms with Crippen LogP contribution in [0.2, 0.25) is 0 Å². The summed E-state index contributed by atoms with van der Waals surface area (Å²) in [6, 6.07) is 6.06. The van der Waals surface area contributed by atoms with E-state index in [1.54, 1.807) is 6.07 Å². The van der Waals surface area contributed by atoms with Gasteiger partial charge >= 0.3 is 0 Å². The highest BCUT2D eigenvalue weighted by Gasteiger charge is 2.15. The lowest BCUT2D eigenvalue weighted by atomic mass is 9.95. The van der Waals surface area contributed by atoms with Crippen molar-refractivity contribution < 1.29 is 9.53 Å². The molecule has 25 heavy (non-hydrogen) atoms. The molecule has 0 atom stereocenters. The molecule has 0 unspecified atom stereocenters. The van der Waals surface area contributed by atoms with Crippen LogP contribution in [0.3, 0.4) is 0 Å². The molecule has 1 aliphatic heterocycles. The molecule has 6 nitrogen and oxygen atoms in total. The van der Waals surface area contributed by atoms with Gasteiger partial charge in [-0.15, -0.1) is 0 Å². The van der Waals surface area contributed by atoms with Crippen LogP contribution < -0.4 is 16.4 Å². The van der Waals surface area contributed by atoms with E-state index in [2.05, 4.69) is 15.5 Å². The number of carbonyl (C=O) groups is 1. The van der Waals surface area contributed by atoms with E-state index in [0.717, 1.165) is 38.5 Å². The summed E-state index contributed by atoms with van der Waals surface area (Å²) in [5, 5.41) is 6.50. The average molecular weight is 346 g/mol. The zero-order valence-electron chi connectivity index (χ0n) is 14.9. The van der Waals surface area contributed by atoms with Crippen LogP contribution in [0.4, 0.5) is 11.4 Å². The van der Waals surface area contributed by atoms with E-state index in [0.29, 0.717) is 23.8 Å². The van der Waals surface area contributed by atoms with Crippen LogP contribution in [0.15, 0.2) is 18.2 Å². The second-order valence-corrected chi connectivity index (χ2v) is 6.99. The molecular weight excluding hydrogens is 316 g/mol. The summed E-state index contributed by atoms with van der Waals surface area (Å²) in [6.45, 7) is 4.92. The summed E-state index contributed by atoms with van der Waals surface area (Å²) in [5.74, 6) is -0.0656. The summed E-state index contributed by atoms with van der Waals surface area (Å²) in [5.41, 5.74) is 8.36. The fourth-order valence-electron chi connectivity index (χ4n) is 3.56. The molecule has 1 saturated carbocycles. The Kier molecular flexibility index (Phi) is 6.53.